The highest BCUT2D eigenvalue weighted by molar-refractivity contribution is 8.27. The van der Waals surface area contributed by atoms with E-state index in [0.717, 1.165) is 23.9 Å². The molecule has 1 amide bonds. The molecule has 0 N–H and O–H groups in total. The highest BCUT2D eigenvalue weighted by Gasteiger charge is 2.34. The molecule has 0 atom stereocenters. The number of hydrogen-bond donors (Lipinski definition) is 0. The van der Waals surface area contributed by atoms with Crippen LogP contribution in [0.1, 0.15) is 11.1 Å². The van der Waals surface area contributed by atoms with Crippen molar-refractivity contribution in [2.24, 2.45) is 0 Å². The fourth-order valence-electron chi connectivity index (χ4n) is 2.33. The Morgan fingerprint density at radius 1 is 1.07 bits per heavy atom. The van der Waals surface area contributed by atoms with E-state index in [1.165, 1.54) is 47.4 Å². The summed E-state index contributed by atoms with van der Waals surface area (Å²) in [6.45, 7) is 0. The van der Waals surface area contributed by atoms with E-state index in [0.29, 0.717) is 11.3 Å². The topological polar surface area (TPSA) is 63.5 Å². The van der Waals surface area contributed by atoms with Crippen LogP contribution in [0, 0.1) is 10.1 Å². The van der Waals surface area contributed by atoms with Gasteiger partial charge in [0.1, 0.15) is 0 Å². The van der Waals surface area contributed by atoms with Gasteiger partial charge in [0.05, 0.1) is 21.1 Å². The molecule has 5 nitrogen and oxygen atoms in total. The van der Waals surface area contributed by atoms with Gasteiger partial charge in [-0.15, -0.1) is 0 Å². The normalized spacial score (nSPS) is 16.3. The number of nitrogens with zero attached hydrogens (tertiary/aromatic N) is 2. The Bertz CT molecular complexity index is 955. The Labute approximate surface area is 160 Å². The molecule has 1 saturated heterocycles. The van der Waals surface area contributed by atoms with Crippen LogP contribution in [0.25, 0.3) is 6.08 Å². The lowest BCUT2D eigenvalue weighted by Crippen LogP contribution is -2.27. The molecule has 0 aliphatic carbocycles. The summed E-state index contributed by atoms with van der Waals surface area (Å²) in [5, 5.41) is 10.7. The predicted molar refractivity (Wildman–Crippen MR) is 100 cm³/mol. The molecule has 0 bridgehead atoms. The van der Waals surface area contributed by atoms with Crippen molar-refractivity contribution in [3.8, 4) is 0 Å². The Kier molecular flexibility index (Phi) is 5.03. The summed E-state index contributed by atoms with van der Waals surface area (Å²) < 4.78 is 38.1. The van der Waals surface area contributed by atoms with Crippen molar-refractivity contribution in [1.29, 1.82) is 0 Å². The van der Waals surface area contributed by atoms with Gasteiger partial charge in [-0.2, -0.15) is 13.2 Å². The lowest BCUT2D eigenvalue weighted by molar-refractivity contribution is -0.384. The lowest BCUT2D eigenvalue weighted by Gasteiger charge is -2.13. The fourth-order valence-corrected chi connectivity index (χ4v) is 3.63. The maximum absolute atomic E-state index is 12.6. The molecule has 3 rings (SSSR count). The molecule has 1 aliphatic heterocycles. The van der Waals surface area contributed by atoms with Crippen LogP contribution in [-0.2, 0) is 11.0 Å². The van der Waals surface area contributed by atoms with E-state index >= 15 is 0 Å². The van der Waals surface area contributed by atoms with Crippen LogP contribution < -0.4 is 4.90 Å². The molecule has 138 valence electrons. The van der Waals surface area contributed by atoms with E-state index in [-0.39, 0.29) is 14.9 Å². The summed E-state index contributed by atoms with van der Waals surface area (Å²) in [5.74, 6) is -0.446. The maximum Gasteiger partial charge on any atom is 0.416 e. The minimum absolute atomic E-state index is 0.121. The van der Waals surface area contributed by atoms with Gasteiger partial charge in [0.25, 0.3) is 11.6 Å². The summed E-state index contributed by atoms with van der Waals surface area (Å²) >= 11 is 6.20. The quantitative estimate of drug-likeness (QED) is 0.308. The Morgan fingerprint density at radius 3 is 2.19 bits per heavy atom. The molecule has 0 aromatic heterocycles. The number of non-ortho nitro benzene ring substituents is 1. The number of thiocarbonyl (C=S) groups is 1. The molecule has 10 heteroatoms. The van der Waals surface area contributed by atoms with Crippen LogP contribution in [-0.4, -0.2) is 15.2 Å². The molecule has 0 spiro atoms. The number of hydrogen-bond acceptors (Lipinski definition) is 5. The van der Waals surface area contributed by atoms with Gasteiger partial charge >= 0.3 is 6.18 Å². The number of carbonyl (C=O) groups excluding carboxylic acids is 1. The molecule has 0 unspecified atom stereocenters. The van der Waals surface area contributed by atoms with Crippen molar-refractivity contribution in [2.75, 3.05) is 4.90 Å². The van der Waals surface area contributed by atoms with Crippen LogP contribution in [0.4, 0.5) is 24.5 Å². The summed E-state index contributed by atoms with van der Waals surface area (Å²) in [7, 11) is 0. The highest BCUT2D eigenvalue weighted by Crippen LogP contribution is 2.37. The molecule has 1 heterocycles. The second-order valence-electron chi connectivity index (χ2n) is 5.41. The number of thioether (sulfide) groups is 1. The van der Waals surface area contributed by atoms with Crippen LogP contribution >= 0.6 is 24.0 Å². The van der Waals surface area contributed by atoms with E-state index in [2.05, 4.69) is 0 Å². The highest BCUT2D eigenvalue weighted by atomic mass is 32.2. The third-order valence-electron chi connectivity index (χ3n) is 3.65. The van der Waals surface area contributed by atoms with Crippen molar-refractivity contribution in [3.63, 3.8) is 0 Å². The van der Waals surface area contributed by atoms with Gasteiger partial charge < -0.3 is 0 Å². The molecular weight excluding hydrogens is 401 g/mol. The van der Waals surface area contributed by atoms with Gasteiger partial charge in [-0.3, -0.25) is 19.8 Å². The van der Waals surface area contributed by atoms with Crippen molar-refractivity contribution >= 4 is 51.7 Å². The second kappa shape index (κ2) is 7.12. The summed E-state index contributed by atoms with van der Waals surface area (Å²) in [5.41, 5.74) is -0.103. The third kappa shape index (κ3) is 4.01. The zero-order valence-corrected chi connectivity index (χ0v) is 14.9. The molecule has 2 aromatic carbocycles. The van der Waals surface area contributed by atoms with Crippen LogP contribution in [0.3, 0.4) is 0 Å². The average Bonchev–Trinajstić information content (AvgIpc) is 2.88. The Morgan fingerprint density at radius 2 is 1.67 bits per heavy atom. The molecule has 1 aliphatic rings. The number of halogens is 3. The summed E-state index contributed by atoms with van der Waals surface area (Å²) in [6.07, 6.45) is -2.98. The number of rotatable bonds is 3. The molecule has 1 fully saturated rings. The minimum Gasteiger partial charge on any atom is -0.268 e. The van der Waals surface area contributed by atoms with Gasteiger partial charge in [0.15, 0.2) is 4.32 Å². The van der Waals surface area contributed by atoms with Crippen LogP contribution in [0.2, 0.25) is 0 Å². The van der Waals surface area contributed by atoms with E-state index in [9.17, 15) is 28.1 Å². The molecule has 27 heavy (non-hydrogen) atoms. The van der Waals surface area contributed by atoms with Crippen molar-refractivity contribution in [2.45, 2.75) is 6.18 Å². The van der Waals surface area contributed by atoms with E-state index in [4.69, 9.17) is 12.2 Å². The smallest absolute Gasteiger partial charge is 0.268 e. The van der Waals surface area contributed by atoms with E-state index < -0.39 is 22.6 Å². The van der Waals surface area contributed by atoms with Gasteiger partial charge in [-0.1, -0.05) is 36.1 Å². The van der Waals surface area contributed by atoms with E-state index in [1.54, 1.807) is 0 Å². The molecule has 0 saturated carbocycles. The number of alkyl halides is 3. The Balaban J connectivity index is 1.85. The monoisotopic (exact) mass is 410 g/mol. The van der Waals surface area contributed by atoms with Crippen molar-refractivity contribution in [3.05, 3.63) is 74.7 Å². The largest absolute Gasteiger partial charge is 0.416 e. The zero-order valence-electron chi connectivity index (χ0n) is 13.3. The zero-order chi connectivity index (χ0) is 19.8. The lowest BCUT2D eigenvalue weighted by atomic mass is 10.1. The first-order valence-electron chi connectivity index (χ1n) is 7.36. The first kappa shape index (κ1) is 19.1. The van der Waals surface area contributed by atoms with Crippen molar-refractivity contribution in [1.82, 2.24) is 0 Å². The maximum atomic E-state index is 12.6. The van der Waals surface area contributed by atoms with Crippen molar-refractivity contribution < 1.29 is 22.9 Å². The summed E-state index contributed by atoms with van der Waals surface area (Å²) in [6, 6.07) is 9.73. The number of nitro groups is 1. The molecule has 2 aromatic rings. The van der Waals surface area contributed by atoms with Gasteiger partial charge in [-0.25, -0.2) is 0 Å². The van der Waals surface area contributed by atoms with Gasteiger partial charge in [0.2, 0.25) is 0 Å². The average molecular weight is 410 g/mol. The number of anilines is 1. The number of amides is 1. The summed E-state index contributed by atoms with van der Waals surface area (Å²) in [4.78, 5) is 24.2. The minimum atomic E-state index is -4.43. The first-order chi connectivity index (χ1) is 12.7. The van der Waals surface area contributed by atoms with Gasteiger partial charge in [-0.05, 0) is 35.9 Å². The fraction of sp³-hybridized carbons (Fsp3) is 0.0588. The molecular formula is C17H9F3N2O3S2. The number of carbonyl (C=O) groups is 1. The standard InChI is InChI=1S/C17H9F3N2O3S2/c18-17(19,20)11-3-1-10(2-4-11)9-14-15(23)21(16(26)27-14)12-5-7-13(8-6-12)22(24)25/h1-9H/b14-9+. The van der Waals surface area contributed by atoms with Crippen LogP contribution in [0.5, 0.6) is 0 Å². The number of benzene rings is 2. The SMILES string of the molecule is O=C1/C(=C\c2ccc(C(F)(F)F)cc2)SC(=S)N1c1ccc([N+](=O)[O-])cc1. The van der Waals surface area contributed by atoms with Crippen LogP contribution in [0.15, 0.2) is 53.4 Å². The number of nitro benzene ring substituents is 1. The van der Waals surface area contributed by atoms with E-state index in [1.807, 2.05) is 0 Å². The third-order valence-corrected chi connectivity index (χ3v) is 4.95. The predicted octanol–water partition coefficient (Wildman–Crippen LogP) is 5.02. The molecule has 0 radical (unpaired) electrons. The van der Waals surface area contributed by atoms with Gasteiger partial charge in [0, 0.05) is 12.1 Å². The first-order valence-corrected chi connectivity index (χ1v) is 8.59. The second-order valence-corrected chi connectivity index (χ2v) is 7.09. The Hall–Kier alpha value is -2.72.